The Morgan fingerprint density at radius 1 is 1.24 bits per heavy atom. The summed E-state index contributed by atoms with van der Waals surface area (Å²) in [6.07, 6.45) is 3.37. The van der Waals surface area contributed by atoms with Crippen LogP contribution in [0.1, 0.15) is 18.4 Å². The van der Waals surface area contributed by atoms with E-state index in [1.807, 2.05) is 12.1 Å². The Bertz CT molecular complexity index is 331. The van der Waals surface area contributed by atoms with Crippen LogP contribution >= 0.6 is 11.6 Å². The largest absolute Gasteiger partial charge is 0.497 e. The van der Waals surface area contributed by atoms with Gasteiger partial charge in [-0.1, -0.05) is 12.1 Å². The van der Waals surface area contributed by atoms with Crippen LogP contribution in [0.4, 0.5) is 0 Å². The Morgan fingerprint density at radius 3 is 2.47 bits per heavy atom. The third-order valence-corrected chi connectivity index (χ3v) is 3.83. The van der Waals surface area contributed by atoms with Gasteiger partial charge in [0, 0.05) is 11.9 Å². The van der Waals surface area contributed by atoms with Crippen LogP contribution in [-0.4, -0.2) is 37.0 Å². The summed E-state index contributed by atoms with van der Waals surface area (Å²) in [4.78, 5) is 2.50. The Hall–Kier alpha value is -0.730. The van der Waals surface area contributed by atoms with Crippen molar-refractivity contribution in [2.75, 3.05) is 26.7 Å². The lowest BCUT2D eigenvalue weighted by Gasteiger charge is -2.29. The van der Waals surface area contributed by atoms with Gasteiger partial charge in [-0.25, -0.2) is 0 Å². The topological polar surface area (TPSA) is 12.5 Å². The molecule has 0 amide bonds. The molecule has 94 valence electrons. The summed E-state index contributed by atoms with van der Waals surface area (Å²) in [5, 5.41) is 0.396. The number of ether oxygens (including phenoxy) is 1. The maximum absolute atomic E-state index is 6.09. The van der Waals surface area contributed by atoms with Crippen molar-refractivity contribution in [2.45, 2.75) is 24.6 Å². The first-order valence-electron chi connectivity index (χ1n) is 6.27. The van der Waals surface area contributed by atoms with Gasteiger partial charge >= 0.3 is 0 Å². The van der Waals surface area contributed by atoms with Gasteiger partial charge in [-0.3, -0.25) is 0 Å². The lowest BCUT2D eigenvalue weighted by Crippen LogP contribution is -2.35. The summed E-state index contributed by atoms with van der Waals surface area (Å²) in [7, 11) is 1.70. The summed E-state index contributed by atoms with van der Waals surface area (Å²) in [6.45, 7) is 3.42. The molecule has 2 nitrogen and oxygen atoms in total. The number of rotatable bonds is 4. The molecular weight excluding hydrogens is 234 g/mol. The van der Waals surface area contributed by atoms with Crippen LogP contribution in [0.5, 0.6) is 5.75 Å². The van der Waals surface area contributed by atoms with Crippen molar-refractivity contribution in [2.24, 2.45) is 0 Å². The highest BCUT2D eigenvalue weighted by Crippen LogP contribution is 2.16. The molecule has 1 aromatic carbocycles. The van der Waals surface area contributed by atoms with Crippen LogP contribution in [0.2, 0.25) is 0 Å². The maximum Gasteiger partial charge on any atom is 0.118 e. The average Bonchev–Trinajstić information content (AvgIpc) is 2.39. The number of halogens is 1. The van der Waals surface area contributed by atoms with Gasteiger partial charge < -0.3 is 9.64 Å². The van der Waals surface area contributed by atoms with Crippen molar-refractivity contribution in [1.29, 1.82) is 0 Å². The van der Waals surface area contributed by atoms with Gasteiger partial charge in [-0.05, 0) is 50.0 Å². The van der Waals surface area contributed by atoms with E-state index in [4.69, 9.17) is 16.3 Å². The molecule has 1 fully saturated rings. The Labute approximate surface area is 109 Å². The Morgan fingerprint density at radius 2 is 1.88 bits per heavy atom. The summed E-state index contributed by atoms with van der Waals surface area (Å²) >= 11 is 6.09. The molecule has 0 aromatic heterocycles. The normalized spacial score (nSPS) is 18.2. The zero-order chi connectivity index (χ0) is 12.1. The molecule has 1 saturated heterocycles. The monoisotopic (exact) mass is 253 g/mol. The van der Waals surface area contributed by atoms with Gasteiger partial charge in [0.1, 0.15) is 5.75 Å². The third-order valence-electron chi connectivity index (χ3n) is 3.39. The van der Waals surface area contributed by atoms with E-state index in [0.717, 1.165) is 44.6 Å². The highest BCUT2D eigenvalue weighted by atomic mass is 35.5. The molecule has 0 aliphatic carbocycles. The van der Waals surface area contributed by atoms with Crippen molar-refractivity contribution in [3.05, 3.63) is 29.8 Å². The van der Waals surface area contributed by atoms with Crippen LogP contribution in [-0.2, 0) is 6.42 Å². The van der Waals surface area contributed by atoms with Gasteiger partial charge in [0.25, 0.3) is 0 Å². The van der Waals surface area contributed by atoms with Crippen LogP contribution in [0.25, 0.3) is 0 Å². The Balaban J connectivity index is 1.77. The smallest absolute Gasteiger partial charge is 0.118 e. The molecule has 2 rings (SSSR count). The third kappa shape index (κ3) is 3.90. The molecule has 0 unspecified atom stereocenters. The number of hydrogen-bond donors (Lipinski definition) is 0. The minimum absolute atomic E-state index is 0.396. The predicted octanol–water partition coefficient (Wildman–Crippen LogP) is 2.94. The summed E-state index contributed by atoms with van der Waals surface area (Å²) in [5.41, 5.74) is 1.37. The van der Waals surface area contributed by atoms with E-state index in [9.17, 15) is 0 Å². The van der Waals surface area contributed by atoms with Gasteiger partial charge in [0.15, 0.2) is 0 Å². The van der Waals surface area contributed by atoms with Gasteiger partial charge in [-0.2, -0.15) is 0 Å². The first-order chi connectivity index (χ1) is 8.28. The van der Waals surface area contributed by atoms with Crippen molar-refractivity contribution in [1.82, 2.24) is 4.90 Å². The predicted molar refractivity (Wildman–Crippen MR) is 72.0 cm³/mol. The lowest BCUT2D eigenvalue weighted by molar-refractivity contribution is 0.234. The summed E-state index contributed by atoms with van der Waals surface area (Å²) in [6, 6.07) is 8.35. The van der Waals surface area contributed by atoms with Gasteiger partial charge in [-0.15, -0.1) is 11.6 Å². The van der Waals surface area contributed by atoms with Crippen molar-refractivity contribution in [3.63, 3.8) is 0 Å². The second kappa shape index (κ2) is 6.27. The van der Waals surface area contributed by atoms with E-state index in [2.05, 4.69) is 17.0 Å². The number of nitrogens with zero attached hydrogens (tertiary/aromatic N) is 1. The summed E-state index contributed by atoms with van der Waals surface area (Å²) in [5.74, 6) is 0.928. The molecule has 1 aliphatic heterocycles. The lowest BCUT2D eigenvalue weighted by atomic mass is 10.1. The molecule has 0 N–H and O–H groups in total. The number of alkyl halides is 1. The molecule has 1 aromatic rings. The van der Waals surface area contributed by atoms with E-state index >= 15 is 0 Å². The zero-order valence-electron chi connectivity index (χ0n) is 10.4. The van der Waals surface area contributed by atoms with Crippen molar-refractivity contribution >= 4 is 11.6 Å². The highest BCUT2D eigenvalue weighted by Gasteiger charge is 2.16. The van der Waals surface area contributed by atoms with Crippen LogP contribution < -0.4 is 4.74 Å². The average molecular weight is 254 g/mol. The van der Waals surface area contributed by atoms with Crippen LogP contribution in [0.15, 0.2) is 24.3 Å². The fourth-order valence-electron chi connectivity index (χ4n) is 2.20. The molecule has 1 heterocycles. The molecule has 0 bridgehead atoms. The van der Waals surface area contributed by atoms with E-state index in [1.165, 1.54) is 5.56 Å². The van der Waals surface area contributed by atoms with E-state index < -0.39 is 0 Å². The van der Waals surface area contributed by atoms with E-state index in [0.29, 0.717) is 5.38 Å². The minimum Gasteiger partial charge on any atom is -0.497 e. The molecular formula is C14H20ClNO. The van der Waals surface area contributed by atoms with Crippen LogP contribution in [0, 0.1) is 0 Å². The second-order valence-corrected chi connectivity index (χ2v) is 5.23. The standard InChI is InChI=1S/C14H20ClNO/c1-17-14-4-2-12(3-5-14)6-9-16-10-7-13(15)8-11-16/h2-5,13H,6-11H2,1H3. The minimum atomic E-state index is 0.396. The highest BCUT2D eigenvalue weighted by molar-refractivity contribution is 6.20. The number of methoxy groups -OCH3 is 1. The quantitative estimate of drug-likeness (QED) is 0.765. The number of piperidine rings is 1. The zero-order valence-corrected chi connectivity index (χ0v) is 11.1. The molecule has 3 heteroatoms. The van der Waals surface area contributed by atoms with E-state index in [-0.39, 0.29) is 0 Å². The fraction of sp³-hybridized carbons (Fsp3) is 0.571. The molecule has 0 spiro atoms. The van der Waals surface area contributed by atoms with Crippen molar-refractivity contribution < 1.29 is 4.74 Å². The number of hydrogen-bond acceptors (Lipinski definition) is 2. The van der Waals surface area contributed by atoms with Crippen molar-refractivity contribution in [3.8, 4) is 5.75 Å². The molecule has 17 heavy (non-hydrogen) atoms. The van der Waals surface area contributed by atoms with Gasteiger partial charge in [0.2, 0.25) is 0 Å². The SMILES string of the molecule is COc1ccc(CCN2CCC(Cl)CC2)cc1. The van der Waals surface area contributed by atoms with E-state index in [1.54, 1.807) is 7.11 Å². The molecule has 0 atom stereocenters. The molecule has 0 saturated carbocycles. The molecule has 1 aliphatic rings. The molecule has 0 radical (unpaired) electrons. The first kappa shape index (κ1) is 12.7. The number of benzene rings is 1. The van der Waals surface area contributed by atoms with Crippen LogP contribution in [0.3, 0.4) is 0 Å². The second-order valence-electron chi connectivity index (χ2n) is 4.61. The maximum atomic E-state index is 6.09. The number of likely N-dealkylation sites (tertiary alicyclic amines) is 1. The van der Waals surface area contributed by atoms with Gasteiger partial charge in [0.05, 0.1) is 7.11 Å². The fourth-order valence-corrected chi connectivity index (χ4v) is 2.40. The summed E-state index contributed by atoms with van der Waals surface area (Å²) < 4.78 is 5.15. The Kier molecular flexibility index (Phi) is 4.69. The first-order valence-corrected chi connectivity index (χ1v) is 6.71.